The van der Waals surface area contributed by atoms with Gasteiger partial charge in [-0.2, -0.15) is 0 Å². The first-order chi connectivity index (χ1) is 5.49. The summed E-state index contributed by atoms with van der Waals surface area (Å²) in [7, 11) is 3.67. The minimum absolute atomic E-state index is 0.0904. The van der Waals surface area contributed by atoms with E-state index in [0.717, 1.165) is 0 Å². The summed E-state index contributed by atoms with van der Waals surface area (Å²) in [5.74, 6) is -0.0904. The molecule has 0 aromatic heterocycles. The molecule has 2 atom stereocenters. The van der Waals surface area contributed by atoms with E-state index in [2.05, 4.69) is 11.9 Å². The number of nitrogens with zero attached hydrogens (tertiary/aromatic N) is 1. The first-order valence-corrected chi connectivity index (χ1v) is 3.84. The van der Waals surface area contributed by atoms with Crippen molar-refractivity contribution in [1.29, 1.82) is 0 Å². The lowest BCUT2D eigenvalue weighted by Crippen LogP contribution is -2.48. The van der Waals surface area contributed by atoms with E-state index < -0.39 is 6.17 Å². The molecule has 0 spiro atoms. The van der Waals surface area contributed by atoms with Crippen molar-refractivity contribution in [2.75, 3.05) is 14.1 Å². The van der Waals surface area contributed by atoms with Crippen LogP contribution in [-0.2, 0) is 4.79 Å². The van der Waals surface area contributed by atoms with Gasteiger partial charge in [-0.05, 0) is 21.0 Å². The zero-order valence-corrected chi connectivity index (χ0v) is 7.87. The van der Waals surface area contributed by atoms with Crippen LogP contribution in [-0.4, -0.2) is 37.1 Å². The number of hydrogen-bond donors (Lipinski definition) is 2. The summed E-state index contributed by atoms with van der Waals surface area (Å²) in [6.45, 7) is 5.28. The summed E-state index contributed by atoms with van der Waals surface area (Å²) >= 11 is 0. The van der Waals surface area contributed by atoms with Crippen molar-refractivity contribution in [1.82, 2.24) is 10.2 Å². The Labute approximate surface area is 73.4 Å². The van der Waals surface area contributed by atoms with Crippen LogP contribution in [0, 0.1) is 0 Å². The predicted octanol–water partition coefficient (Wildman–Crippen LogP) is -0.476. The molecule has 0 aliphatic heterocycles. The van der Waals surface area contributed by atoms with Gasteiger partial charge in [0, 0.05) is 0 Å². The van der Waals surface area contributed by atoms with Crippen LogP contribution in [0.2, 0.25) is 0 Å². The molecule has 0 saturated heterocycles. The average Bonchev–Trinajstić information content (AvgIpc) is 2.02. The van der Waals surface area contributed by atoms with Gasteiger partial charge in [0.2, 0.25) is 5.91 Å². The monoisotopic (exact) mass is 171 g/mol. The Morgan fingerprint density at radius 3 is 2.50 bits per heavy atom. The first kappa shape index (κ1) is 11.1. The predicted molar refractivity (Wildman–Crippen MR) is 49.5 cm³/mol. The molecule has 0 fully saturated rings. The number of likely N-dealkylation sites (N-methyl/N-ethyl adjacent to an activating group) is 1. The van der Waals surface area contributed by atoms with Gasteiger partial charge in [0.1, 0.15) is 0 Å². The molecule has 0 heterocycles. The molecule has 0 aliphatic rings. The van der Waals surface area contributed by atoms with Crippen LogP contribution >= 0.6 is 0 Å². The molecule has 1 amide bonds. The quantitative estimate of drug-likeness (QED) is 0.444. The second kappa shape index (κ2) is 4.90. The molecule has 1 unspecified atom stereocenters. The zero-order chi connectivity index (χ0) is 9.72. The highest BCUT2D eigenvalue weighted by atomic mass is 16.2. The molecule has 4 heteroatoms. The van der Waals surface area contributed by atoms with Gasteiger partial charge >= 0.3 is 0 Å². The van der Waals surface area contributed by atoms with Crippen LogP contribution in [0.1, 0.15) is 6.92 Å². The third-order valence-corrected chi connectivity index (χ3v) is 1.72. The smallest absolute Gasteiger partial charge is 0.238 e. The highest BCUT2D eigenvalue weighted by Gasteiger charge is 2.15. The van der Waals surface area contributed by atoms with Crippen LogP contribution < -0.4 is 11.1 Å². The Hall–Kier alpha value is -0.870. The summed E-state index contributed by atoms with van der Waals surface area (Å²) in [5, 5.41) is 2.59. The minimum Gasteiger partial charge on any atom is -0.336 e. The third-order valence-electron chi connectivity index (χ3n) is 1.72. The fourth-order valence-electron chi connectivity index (χ4n) is 0.578. The van der Waals surface area contributed by atoms with Gasteiger partial charge < -0.3 is 11.1 Å². The van der Waals surface area contributed by atoms with Gasteiger partial charge in [0.25, 0.3) is 0 Å². The van der Waals surface area contributed by atoms with Gasteiger partial charge in [-0.25, -0.2) is 0 Å². The van der Waals surface area contributed by atoms with E-state index in [1.54, 1.807) is 0 Å². The molecule has 0 rings (SSSR count). The van der Waals surface area contributed by atoms with Gasteiger partial charge in [-0.3, -0.25) is 9.69 Å². The van der Waals surface area contributed by atoms with E-state index in [-0.39, 0.29) is 11.9 Å². The highest BCUT2D eigenvalue weighted by Crippen LogP contribution is 1.91. The van der Waals surface area contributed by atoms with Crippen molar-refractivity contribution >= 4 is 5.91 Å². The number of nitrogens with two attached hydrogens (primary N) is 1. The number of hydrogen-bond acceptors (Lipinski definition) is 3. The van der Waals surface area contributed by atoms with Gasteiger partial charge in [-0.15, -0.1) is 0 Å². The van der Waals surface area contributed by atoms with Crippen molar-refractivity contribution in [2.24, 2.45) is 5.73 Å². The van der Waals surface area contributed by atoms with E-state index >= 15 is 0 Å². The van der Waals surface area contributed by atoms with Crippen LogP contribution in [0.15, 0.2) is 12.7 Å². The summed E-state index contributed by atoms with van der Waals surface area (Å²) in [6, 6.07) is -0.170. The summed E-state index contributed by atoms with van der Waals surface area (Å²) in [6.07, 6.45) is 1.03. The highest BCUT2D eigenvalue weighted by molar-refractivity contribution is 5.81. The summed E-state index contributed by atoms with van der Waals surface area (Å²) in [5.41, 5.74) is 5.44. The van der Waals surface area contributed by atoms with Crippen LogP contribution in [0.5, 0.6) is 0 Å². The number of carbonyl (C=O) groups excluding carboxylic acids is 1. The van der Waals surface area contributed by atoms with Gasteiger partial charge in [0.15, 0.2) is 0 Å². The maximum absolute atomic E-state index is 11.3. The number of rotatable bonds is 4. The molecular formula is C8H17N3O. The van der Waals surface area contributed by atoms with Crippen LogP contribution in [0.4, 0.5) is 0 Å². The minimum atomic E-state index is -0.458. The number of nitrogens with one attached hydrogen (secondary N) is 1. The molecule has 0 aromatic carbocycles. The van der Waals surface area contributed by atoms with Gasteiger partial charge in [-0.1, -0.05) is 12.7 Å². The molecule has 0 bridgehead atoms. The standard InChI is InChI=1S/C8H17N3O/c1-5-7(9)10-8(12)6(2)11(3)4/h5-7H,1,9H2,2-4H3,(H,10,12)/t6-,7?/m0/s1. The lowest BCUT2D eigenvalue weighted by molar-refractivity contribution is -0.125. The van der Waals surface area contributed by atoms with Crippen molar-refractivity contribution in [3.63, 3.8) is 0 Å². The molecule has 0 aliphatic carbocycles. The molecule has 0 aromatic rings. The van der Waals surface area contributed by atoms with Crippen molar-refractivity contribution < 1.29 is 4.79 Å². The second-order valence-electron chi connectivity index (χ2n) is 2.91. The maximum atomic E-state index is 11.3. The number of amides is 1. The van der Waals surface area contributed by atoms with E-state index in [9.17, 15) is 4.79 Å². The lowest BCUT2D eigenvalue weighted by atomic mass is 10.3. The van der Waals surface area contributed by atoms with Gasteiger partial charge in [0.05, 0.1) is 12.2 Å². The fourth-order valence-corrected chi connectivity index (χ4v) is 0.578. The van der Waals surface area contributed by atoms with Crippen LogP contribution in [0.3, 0.4) is 0 Å². The number of carbonyl (C=O) groups is 1. The Bertz CT molecular complexity index is 168. The maximum Gasteiger partial charge on any atom is 0.238 e. The van der Waals surface area contributed by atoms with Crippen LogP contribution in [0.25, 0.3) is 0 Å². The summed E-state index contributed by atoms with van der Waals surface area (Å²) < 4.78 is 0. The molecule has 4 nitrogen and oxygen atoms in total. The Morgan fingerprint density at radius 1 is 1.67 bits per heavy atom. The largest absolute Gasteiger partial charge is 0.336 e. The van der Waals surface area contributed by atoms with Crippen molar-refractivity contribution in [3.8, 4) is 0 Å². The Kier molecular flexibility index (Phi) is 4.54. The molecule has 70 valence electrons. The first-order valence-electron chi connectivity index (χ1n) is 3.84. The average molecular weight is 171 g/mol. The van der Waals surface area contributed by atoms with Crippen molar-refractivity contribution in [2.45, 2.75) is 19.1 Å². The molecular weight excluding hydrogens is 154 g/mol. The second-order valence-corrected chi connectivity index (χ2v) is 2.91. The molecule has 12 heavy (non-hydrogen) atoms. The van der Waals surface area contributed by atoms with E-state index in [1.807, 2.05) is 25.9 Å². The fraction of sp³-hybridized carbons (Fsp3) is 0.625. The van der Waals surface area contributed by atoms with E-state index in [0.29, 0.717) is 0 Å². The Morgan fingerprint density at radius 2 is 2.17 bits per heavy atom. The van der Waals surface area contributed by atoms with E-state index in [4.69, 9.17) is 5.73 Å². The molecule has 0 radical (unpaired) electrons. The lowest BCUT2D eigenvalue weighted by Gasteiger charge is -2.20. The SMILES string of the molecule is C=CC(N)NC(=O)[C@H](C)N(C)C. The molecule has 0 saturated carbocycles. The third kappa shape index (κ3) is 3.50. The Balaban J connectivity index is 3.95. The summed E-state index contributed by atoms with van der Waals surface area (Å²) in [4.78, 5) is 13.1. The topological polar surface area (TPSA) is 58.4 Å². The van der Waals surface area contributed by atoms with Crippen molar-refractivity contribution in [3.05, 3.63) is 12.7 Å². The zero-order valence-electron chi connectivity index (χ0n) is 7.87. The normalized spacial score (nSPS) is 15.4. The molecule has 3 N–H and O–H groups in total. The van der Waals surface area contributed by atoms with E-state index in [1.165, 1.54) is 6.08 Å².